The fourth-order valence-electron chi connectivity index (χ4n) is 1.96. The van der Waals surface area contributed by atoms with Gasteiger partial charge in [0, 0.05) is 6.20 Å². The van der Waals surface area contributed by atoms with Gasteiger partial charge >= 0.3 is 0 Å². The highest BCUT2D eigenvalue weighted by molar-refractivity contribution is 7.13. The van der Waals surface area contributed by atoms with Gasteiger partial charge in [-0.3, -0.25) is 9.78 Å². The average molecular weight is 299 g/mol. The SMILES string of the molecule is CC(NC(=O)c1ncoc1-c1cccs1)c1ccccn1. The molecule has 0 aliphatic heterocycles. The number of carbonyl (C=O) groups excluding carboxylic acids is 1. The van der Waals surface area contributed by atoms with E-state index in [2.05, 4.69) is 15.3 Å². The van der Waals surface area contributed by atoms with Crippen LogP contribution in [0.5, 0.6) is 0 Å². The van der Waals surface area contributed by atoms with Crippen molar-refractivity contribution in [3.05, 3.63) is 59.7 Å². The summed E-state index contributed by atoms with van der Waals surface area (Å²) in [5.41, 5.74) is 1.09. The topological polar surface area (TPSA) is 68.0 Å². The van der Waals surface area contributed by atoms with E-state index in [1.54, 1.807) is 6.20 Å². The summed E-state index contributed by atoms with van der Waals surface area (Å²) in [5, 5.41) is 4.81. The molecule has 0 radical (unpaired) electrons. The number of aromatic nitrogens is 2. The van der Waals surface area contributed by atoms with Crippen LogP contribution < -0.4 is 5.32 Å². The van der Waals surface area contributed by atoms with Crippen molar-refractivity contribution in [1.82, 2.24) is 15.3 Å². The fraction of sp³-hybridized carbons (Fsp3) is 0.133. The summed E-state index contributed by atoms with van der Waals surface area (Å²) in [6, 6.07) is 9.19. The number of amides is 1. The summed E-state index contributed by atoms with van der Waals surface area (Å²) in [6.07, 6.45) is 2.99. The van der Waals surface area contributed by atoms with Crippen molar-refractivity contribution in [1.29, 1.82) is 0 Å². The molecule has 0 saturated heterocycles. The van der Waals surface area contributed by atoms with E-state index in [1.165, 1.54) is 17.7 Å². The molecule has 5 nitrogen and oxygen atoms in total. The predicted molar refractivity (Wildman–Crippen MR) is 79.9 cm³/mol. The van der Waals surface area contributed by atoms with Crippen LogP contribution in [0, 0.1) is 0 Å². The van der Waals surface area contributed by atoms with Crippen LogP contribution in [0.25, 0.3) is 10.6 Å². The van der Waals surface area contributed by atoms with Gasteiger partial charge in [0.2, 0.25) is 0 Å². The molecule has 0 aliphatic rings. The number of carbonyl (C=O) groups is 1. The van der Waals surface area contributed by atoms with Gasteiger partial charge in [-0.15, -0.1) is 11.3 Å². The van der Waals surface area contributed by atoms with Crippen LogP contribution in [0.15, 0.2) is 52.7 Å². The van der Waals surface area contributed by atoms with Crippen LogP contribution in [0.2, 0.25) is 0 Å². The zero-order valence-corrected chi connectivity index (χ0v) is 12.1. The maximum atomic E-state index is 12.3. The minimum absolute atomic E-state index is 0.202. The van der Waals surface area contributed by atoms with E-state index in [4.69, 9.17) is 4.42 Å². The number of hydrogen-bond donors (Lipinski definition) is 1. The van der Waals surface area contributed by atoms with Gasteiger partial charge in [-0.1, -0.05) is 12.1 Å². The van der Waals surface area contributed by atoms with Crippen molar-refractivity contribution in [3.63, 3.8) is 0 Å². The highest BCUT2D eigenvalue weighted by Crippen LogP contribution is 2.27. The first-order valence-corrected chi connectivity index (χ1v) is 7.33. The monoisotopic (exact) mass is 299 g/mol. The standard InChI is InChI=1S/C15H13N3O2S/c1-10(11-5-2-3-7-16-11)18-15(19)13-14(20-9-17-13)12-6-4-8-21-12/h2-10H,1H3,(H,18,19). The third-order valence-corrected chi connectivity index (χ3v) is 3.88. The Balaban J connectivity index is 1.79. The Hall–Kier alpha value is -2.47. The first kappa shape index (κ1) is 13.5. The van der Waals surface area contributed by atoms with Gasteiger partial charge in [-0.25, -0.2) is 4.98 Å². The number of oxazole rings is 1. The Morgan fingerprint density at radius 2 is 2.19 bits per heavy atom. The fourth-order valence-corrected chi connectivity index (χ4v) is 2.67. The highest BCUT2D eigenvalue weighted by atomic mass is 32.1. The van der Waals surface area contributed by atoms with E-state index >= 15 is 0 Å². The molecule has 3 heterocycles. The van der Waals surface area contributed by atoms with E-state index in [1.807, 2.05) is 42.6 Å². The smallest absolute Gasteiger partial charge is 0.274 e. The molecule has 1 atom stereocenters. The van der Waals surface area contributed by atoms with Gasteiger partial charge < -0.3 is 9.73 Å². The lowest BCUT2D eigenvalue weighted by Gasteiger charge is -2.12. The largest absolute Gasteiger partial charge is 0.442 e. The molecular weight excluding hydrogens is 286 g/mol. The summed E-state index contributed by atoms with van der Waals surface area (Å²) in [6.45, 7) is 1.88. The molecule has 6 heteroatoms. The minimum atomic E-state index is -0.273. The number of nitrogens with one attached hydrogen (secondary N) is 1. The molecule has 1 unspecified atom stereocenters. The zero-order chi connectivity index (χ0) is 14.7. The van der Waals surface area contributed by atoms with Crippen LogP contribution in [-0.4, -0.2) is 15.9 Å². The molecule has 106 valence electrons. The Morgan fingerprint density at radius 3 is 2.90 bits per heavy atom. The maximum Gasteiger partial charge on any atom is 0.274 e. The first-order valence-electron chi connectivity index (χ1n) is 6.45. The molecule has 0 aromatic carbocycles. The third-order valence-electron chi connectivity index (χ3n) is 3.01. The Bertz CT molecular complexity index is 722. The highest BCUT2D eigenvalue weighted by Gasteiger charge is 2.21. The van der Waals surface area contributed by atoms with Crippen molar-refractivity contribution in [2.75, 3.05) is 0 Å². The third kappa shape index (κ3) is 2.85. The minimum Gasteiger partial charge on any atom is -0.442 e. The number of thiophene rings is 1. The lowest BCUT2D eigenvalue weighted by molar-refractivity contribution is 0.0935. The number of nitrogens with zero attached hydrogens (tertiary/aromatic N) is 2. The quantitative estimate of drug-likeness (QED) is 0.802. The number of rotatable bonds is 4. The van der Waals surface area contributed by atoms with Gasteiger partial charge in [-0.2, -0.15) is 0 Å². The molecule has 0 fully saturated rings. The summed E-state index contributed by atoms with van der Waals surface area (Å²) in [5.74, 6) is 0.223. The van der Waals surface area contributed by atoms with Gasteiger partial charge in [-0.05, 0) is 30.5 Å². The lowest BCUT2D eigenvalue weighted by Crippen LogP contribution is -2.27. The summed E-state index contributed by atoms with van der Waals surface area (Å²) < 4.78 is 5.34. The molecule has 3 rings (SSSR count). The maximum absolute atomic E-state index is 12.3. The molecule has 1 N–H and O–H groups in total. The Labute approximate surface area is 125 Å². The molecule has 0 saturated carbocycles. The summed E-state index contributed by atoms with van der Waals surface area (Å²) in [7, 11) is 0. The van der Waals surface area contributed by atoms with Crippen LogP contribution >= 0.6 is 11.3 Å². The predicted octanol–water partition coefficient (Wildman–Crippen LogP) is 3.29. The zero-order valence-electron chi connectivity index (χ0n) is 11.3. The number of pyridine rings is 1. The van der Waals surface area contributed by atoms with E-state index in [0.29, 0.717) is 11.5 Å². The Morgan fingerprint density at radius 1 is 1.29 bits per heavy atom. The Kier molecular flexibility index (Phi) is 3.79. The van der Waals surface area contributed by atoms with Crippen LogP contribution in [0.4, 0.5) is 0 Å². The van der Waals surface area contributed by atoms with E-state index in [-0.39, 0.29) is 11.9 Å². The molecule has 3 aromatic rings. The summed E-state index contributed by atoms with van der Waals surface area (Å²) in [4.78, 5) is 21.5. The van der Waals surface area contributed by atoms with Crippen LogP contribution in [0.1, 0.15) is 29.1 Å². The molecular formula is C15H13N3O2S. The van der Waals surface area contributed by atoms with Crippen molar-refractivity contribution in [3.8, 4) is 10.6 Å². The van der Waals surface area contributed by atoms with Crippen molar-refractivity contribution < 1.29 is 9.21 Å². The first-order chi connectivity index (χ1) is 10.3. The van der Waals surface area contributed by atoms with Crippen LogP contribution in [0.3, 0.4) is 0 Å². The molecule has 0 aliphatic carbocycles. The molecule has 21 heavy (non-hydrogen) atoms. The van der Waals surface area contributed by atoms with Crippen molar-refractivity contribution in [2.24, 2.45) is 0 Å². The second-order valence-corrected chi connectivity index (χ2v) is 5.40. The van der Waals surface area contributed by atoms with Crippen LogP contribution in [-0.2, 0) is 0 Å². The van der Waals surface area contributed by atoms with Gasteiger partial charge in [0.25, 0.3) is 5.91 Å². The second kappa shape index (κ2) is 5.88. The van der Waals surface area contributed by atoms with E-state index < -0.39 is 0 Å². The lowest BCUT2D eigenvalue weighted by atomic mass is 10.2. The average Bonchev–Trinajstić information content (AvgIpc) is 3.18. The second-order valence-electron chi connectivity index (χ2n) is 4.46. The van der Waals surface area contributed by atoms with Crippen molar-refractivity contribution >= 4 is 17.2 Å². The van der Waals surface area contributed by atoms with E-state index in [0.717, 1.165) is 10.6 Å². The normalized spacial score (nSPS) is 12.0. The molecule has 3 aromatic heterocycles. The van der Waals surface area contributed by atoms with Crippen molar-refractivity contribution in [2.45, 2.75) is 13.0 Å². The summed E-state index contributed by atoms with van der Waals surface area (Å²) >= 11 is 1.50. The van der Waals surface area contributed by atoms with Gasteiger partial charge in [0.05, 0.1) is 16.6 Å². The molecule has 0 spiro atoms. The molecule has 1 amide bonds. The van der Waals surface area contributed by atoms with Gasteiger partial charge in [0.15, 0.2) is 17.8 Å². The van der Waals surface area contributed by atoms with E-state index in [9.17, 15) is 4.79 Å². The molecule has 0 bridgehead atoms. The number of hydrogen-bond acceptors (Lipinski definition) is 5. The van der Waals surface area contributed by atoms with Gasteiger partial charge in [0.1, 0.15) is 0 Å².